The quantitative estimate of drug-likeness (QED) is 0.354. The van der Waals surface area contributed by atoms with Crippen LogP contribution < -0.4 is 5.32 Å². The first kappa shape index (κ1) is 21.7. The Kier molecular flexibility index (Phi) is 5.11. The lowest BCUT2D eigenvalue weighted by molar-refractivity contribution is 0.0130. The van der Waals surface area contributed by atoms with Crippen LogP contribution in [-0.2, 0) is 0 Å². The van der Waals surface area contributed by atoms with Crippen molar-refractivity contribution in [2.75, 3.05) is 0 Å². The third-order valence-corrected chi connectivity index (χ3v) is 10.7. The minimum atomic E-state index is -0.721. The SMILES string of the molecule is O=Cc1ccc(C(C2CCCCC2)C2C3C=CC4N2C4(O)C3C2CCC3C(O)CCC3N2)cc1. The highest BCUT2D eigenvalue weighted by Gasteiger charge is 2.79. The number of nitrogens with one attached hydrogen (secondary N) is 1. The first-order valence-electron chi connectivity index (χ1n) is 13.8. The van der Waals surface area contributed by atoms with E-state index in [0.29, 0.717) is 41.8 Å². The molecule has 7 aliphatic rings. The number of carbonyl (C=O) groups excluding carboxylic acids is 1. The molecule has 4 heterocycles. The molecular weight excluding hydrogens is 424 g/mol. The molecule has 1 aromatic carbocycles. The van der Waals surface area contributed by atoms with Gasteiger partial charge in [-0.25, -0.2) is 0 Å². The van der Waals surface area contributed by atoms with Crippen molar-refractivity contribution in [3.05, 3.63) is 47.5 Å². The van der Waals surface area contributed by atoms with Crippen molar-refractivity contribution in [3.63, 3.8) is 0 Å². The standard InChI is InChI=1S/C29H38N2O3/c32-16-17-6-8-19(9-7-17)26(18-4-2-1-3-5-18)28-21-11-15-25-29(34,31(25)28)27(21)23-12-10-20-22(30-23)13-14-24(20)33/h6-9,11,15-16,18,20-28,30,33-34H,1-5,10,12-14H2. The van der Waals surface area contributed by atoms with Gasteiger partial charge in [-0.2, -0.15) is 0 Å². The summed E-state index contributed by atoms with van der Waals surface area (Å²) >= 11 is 0. The maximum atomic E-state index is 12.0. The number of nitrogens with zero attached hydrogens (tertiary/aromatic N) is 1. The summed E-state index contributed by atoms with van der Waals surface area (Å²) in [7, 11) is 0. The Labute approximate surface area is 202 Å². The molecule has 0 radical (unpaired) electrons. The number of piperidine rings is 2. The van der Waals surface area contributed by atoms with Crippen molar-refractivity contribution >= 4 is 6.29 Å². The normalized spacial score (nSPS) is 47.9. The van der Waals surface area contributed by atoms with E-state index in [1.807, 2.05) is 12.1 Å². The smallest absolute Gasteiger partial charge is 0.150 e. The number of hydrogen-bond donors (Lipinski definition) is 3. The second kappa shape index (κ2) is 7.99. The van der Waals surface area contributed by atoms with E-state index in [2.05, 4.69) is 34.5 Å². The maximum Gasteiger partial charge on any atom is 0.150 e. The molecule has 3 N–H and O–H groups in total. The number of hydrogen-bond acceptors (Lipinski definition) is 5. The summed E-state index contributed by atoms with van der Waals surface area (Å²) in [5, 5.41) is 26.4. The van der Waals surface area contributed by atoms with Gasteiger partial charge < -0.3 is 15.5 Å². The largest absolute Gasteiger partial charge is 0.393 e. The number of aliphatic hydroxyl groups is 2. The molecule has 5 nitrogen and oxygen atoms in total. The molecule has 1 aromatic rings. The van der Waals surface area contributed by atoms with E-state index in [9.17, 15) is 15.0 Å². The molecule has 5 heteroatoms. The maximum absolute atomic E-state index is 12.0. The Morgan fingerprint density at radius 1 is 0.971 bits per heavy atom. The van der Waals surface area contributed by atoms with Gasteiger partial charge in [-0.1, -0.05) is 55.7 Å². The van der Waals surface area contributed by atoms with Gasteiger partial charge in [0.05, 0.1) is 12.1 Å². The van der Waals surface area contributed by atoms with E-state index >= 15 is 0 Å². The lowest BCUT2D eigenvalue weighted by atomic mass is 9.65. The van der Waals surface area contributed by atoms with Gasteiger partial charge >= 0.3 is 0 Å². The van der Waals surface area contributed by atoms with E-state index in [4.69, 9.17) is 0 Å². The van der Waals surface area contributed by atoms with Gasteiger partial charge in [-0.15, -0.1) is 0 Å². The summed E-state index contributed by atoms with van der Waals surface area (Å²) < 4.78 is 0. The lowest BCUT2D eigenvalue weighted by Gasteiger charge is -2.45. The van der Waals surface area contributed by atoms with Crippen LogP contribution in [0.15, 0.2) is 36.4 Å². The zero-order valence-electron chi connectivity index (χ0n) is 19.9. The first-order valence-corrected chi connectivity index (χ1v) is 13.8. The van der Waals surface area contributed by atoms with Crippen molar-refractivity contribution in [2.45, 2.75) is 99.7 Å². The van der Waals surface area contributed by atoms with Crippen LogP contribution in [0.3, 0.4) is 0 Å². The molecular formula is C29H38N2O3. The molecule has 3 saturated heterocycles. The van der Waals surface area contributed by atoms with E-state index in [-0.39, 0.29) is 18.1 Å². The molecule has 4 bridgehead atoms. The van der Waals surface area contributed by atoms with Crippen LogP contribution in [0.1, 0.15) is 79.6 Å². The zero-order chi connectivity index (χ0) is 23.0. The average molecular weight is 463 g/mol. The van der Waals surface area contributed by atoms with Gasteiger partial charge in [0.15, 0.2) is 0 Å². The van der Waals surface area contributed by atoms with Gasteiger partial charge in [0.1, 0.15) is 12.0 Å². The molecule has 0 spiro atoms. The molecule has 34 heavy (non-hydrogen) atoms. The summed E-state index contributed by atoms with van der Waals surface area (Å²) in [6.45, 7) is 0. The van der Waals surface area contributed by atoms with Crippen LogP contribution >= 0.6 is 0 Å². The van der Waals surface area contributed by atoms with Crippen molar-refractivity contribution in [1.82, 2.24) is 10.2 Å². The lowest BCUT2D eigenvalue weighted by Crippen LogP contribution is -2.56. The monoisotopic (exact) mass is 462 g/mol. The topological polar surface area (TPSA) is 72.6 Å². The van der Waals surface area contributed by atoms with Crippen LogP contribution in [-0.4, -0.2) is 57.4 Å². The van der Waals surface area contributed by atoms with Gasteiger partial charge in [-0.05, 0) is 50.0 Å². The molecule has 8 rings (SSSR count). The minimum Gasteiger partial charge on any atom is -0.393 e. The van der Waals surface area contributed by atoms with Crippen molar-refractivity contribution in [1.29, 1.82) is 0 Å². The highest BCUT2D eigenvalue weighted by molar-refractivity contribution is 5.74. The number of aldehydes is 1. The highest BCUT2D eigenvalue weighted by Crippen LogP contribution is 2.66. The van der Waals surface area contributed by atoms with E-state index in [1.54, 1.807) is 0 Å². The molecule has 182 valence electrons. The van der Waals surface area contributed by atoms with E-state index < -0.39 is 5.72 Å². The molecule has 2 saturated carbocycles. The van der Waals surface area contributed by atoms with Gasteiger partial charge in [-0.3, -0.25) is 9.69 Å². The fourth-order valence-electron chi connectivity index (χ4n) is 9.19. The number of rotatable bonds is 5. The summed E-state index contributed by atoms with van der Waals surface area (Å²) in [6.07, 6.45) is 16.0. The molecule has 11 atom stereocenters. The van der Waals surface area contributed by atoms with Crippen molar-refractivity contribution < 1.29 is 15.0 Å². The third kappa shape index (κ3) is 3.03. The fourth-order valence-corrected chi connectivity index (χ4v) is 9.19. The predicted octanol–water partition coefficient (Wildman–Crippen LogP) is 3.61. The molecule has 3 aliphatic carbocycles. The molecule has 4 aliphatic heterocycles. The Morgan fingerprint density at radius 2 is 1.74 bits per heavy atom. The summed E-state index contributed by atoms with van der Waals surface area (Å²) in [5.74, 6) is 1.96. The number of fused-ring (bicyclic) bond motifs is 1. The van der Waals surface area contributed by atoms with Crippen LogP contribution in [0, 0.1) is 23.7 Å². The van der Waals surface area contributed by atoms with Crippen LogP contribution in [0.2, 0.25) is 0 Å². The number of aliphatic hydroxyl groups excluding tert-OH is 1. The van der Waals surface area contributed by atoms with Crippen molar-refractivity contribution in [3.8, 4) is 0 Å². The summed E-state index contributed by atoms with van der Waals surface area (Å²) in [5.41, 5.74) is 1.36. The van der Waals surface area contributed by atoms with Gasteiger partial charge in [0.25, 0.3) is 0 Å². The van der Waals surface area contributed by atoms with Crippen molar-refractivity contribution in [2.24, 2.45) is 23.7 Å². The first-order chi connectivity index (χ1) is 16.6. The summed E-state index contributed by atoms with van der Waals surface area (Å²) in [4.78, 5) is 13.7. The van der Waals surface area contributed by atoms with E-state index in [1.165, 1.54) is 37.7 Å². The van der Waals surface area contributed by atoms with E-state index in [0.717, 1.165) is 37.5 Å². The molecule has 0 aromatic heterocycles. The Morgan fingerprint density at radius 3 is 2.50 bits per heavy atom. The molecule has 5 fully saturated rings. The van der Waals surface area contributed by atoms with Crippen LogP contribution in [0.5, 0.6) is 0 Å². The average Bonchev–Trinajstić information content (AvgIpc) is 3.22. The Hall–Kier alpha value is -1.53. The van der Waals surface area contributed by atoms with Gasteiger partial charge in [0.2, 0.25) is 0 Å². The molecule has 11 unspecified atom stereocenters. The summed E-state index contributed by atoms with van der Waals surface area (Å²) in [6, 6.07) is 9.48. The number of carbonyl (C=O) groups is 1. The highest BCUT2D eigenvalue weighted by atomic mass is 16.3. The third-order valence-electron chi connectivity index (χ3n) is 10.7. The Bertz CT molecular complexity index is 972. The molecule has 0 amide bonds. The second-order valence-electron chi connectivity index (χ2n) is 12.1. The minimum absolute atomic E-state index is 0.140. The predicted molar refractivity (Wildman–Crippen MR) is 130 cm³/mol. The van der Waals surface area contributed by atoms with Crippen LogP contribution in [0.25, 0.3) is 0 Å². The Balaban J connectivity index is 1.22. The fraction of sp³-hybridized carbons (Fsp3) is 0.690. The second-order valence-corrected chi connectivity index (χ2v) is 12.1. The van der Waals surface area contributed by atoms with Gasteiger partial charge in [0, 0.05) is 47.4 Å². The number of benzene rings is 1. The zero-order valence-corrected chi connectivity index (χ0v) is 19.9. The van der Waals surface area contributed by atoms with Crippen LogP contribution in [0.4, 0.5) is 0 Å².